The number of primary amides is 1. The molecule has 2 aliphatic rings. The number of hydrogen-bond acceptors (Lipinski definition) is 3. The first-order valence-electron chi connectivity index (χ1n) is 9.43. The van der Waals surface area contributed by atoms with Crippen LogP contribution in [-0.2, 0) is 9.59 Å². The average molecular weight is 364 g/mol. The van der Waals surface area contributed by atoms with Crippen LogP contribution in [0, 0.1) is 11.3 Å². The molecule has 0 aliphatic carbocycles. The van der Waals surface area contributed by atoms with Crippen LogP contribution in [0.2, 0.25) is 0 Å². The maximum Gasteiger partial charge on any atom is 0.320 e. The molecular weight excluding hydrogens is 332 g/mol. The van der Waals surface area contributed by atoms with Crippen molar-refractivity contribution in [1.82, 2.24) is 14.7 Å². The highest BCUT2D eigenvalue weighted by atomic mass is 16.2. The lowest BCUT2D eigenvalue weighted by molar-refractivity contribution is -0.128. The van der Waals surface area contributed by atoms with E-state index in [0.717, 1.165) is 25.7 Å². The van der Waals surface area contributed by atoms with Crippen molar-refractivity contribution < 1.29 is 14.4 Å². The molecule has 2 rings (SSSR count). The number of likely N-dealkylation sites (tertiary alicyclic amines) is 2. The van der Waals surface area contributed by atoms with Crippen LogP contribution in [0.1, 0.15) is 39.5 Å². The van der Waals surface area contributed by atoms with E-state index in [2.05, 4.69) is 6.58 Å². The van der Waals surface area contributed by atoms with E-state index in [9.17, 15) is 14.4 Å². The zero-order valence-corrected chi connectivity index (χ0v) is 16.2. The van der Waals surface area contributed by atoms with Crippen LogP contribution in [0.3, 0.4) is 0 Å². The van der Waals surface area contributed by atoms with Crippen molar-refractivity contribution in [1.29, 1.82) is 0 Å². The molecule has 7 nitrogen and oxygen atoms in total. The fourth-order valence-electron chi connectivity index (χ4n) is 4.42. The maximum absolute atomic E-state index is 13.0. The summed E-state index contributed by atoms with van der Waals surface area (Å²) in [7, 11) is 1.66. The normalized spacial score (nSPS) is 20.8. The Morgan fingerprint density at radius 3 is 2.23 bits per heavy atom. The molecular formula is C19H32N4O3. The van der Waals surface area contributed by atoms with Gasteiger partial charge in [0.15, 0.2) is 0 Å². The molecule has 2 aliphatic heterocycles. The van der Waals surface area contributed by atoms with Gasteiger partial charge in [0.1, 0.15) is 6.04 Å². The van der Waals surface area contributed by atoms with Crippen LogP contribution < -0.4 is 5.73 Å². The largest absolute Gasteiger partial charge is 0.368 e. The average Bonchev–Trinajstić information content (AvgIpc) is 2.60. The van der Waals surface area contributed by atoms with Crippen molar-refractivity contribution in [3.05, 3.63) is 12.7 Å². The second-order valence-electron chi connectivity index (χ2n) is 8.04. The number of carbonyl (C=O) groups excluding carboxylic acids is 3. The molecule has 4 amide bonds. The van der Waals surface area contributed by atoms with Crippen molar-refractivity contribution in [2.75, 3.05) is 33.2 Å². The SMILES string of the molecule is C=CC(=O)N1CCC2(CCCN(C(=O)N(C)[C@H](C(N)=O)C(C)C)C2)CC1. The van der Waals surface area contributed by atoms with Crippen molar-refractivity contribution >= 4 is 17.8 Å². The number of urea groups is 1. The second-order valence-corrected chi connectivity index (χ2v) is 8.04. The Bertz CT molecular complexity index is 567. The van der Waals surface area contributed by atoms with E-state index in [4.69, 9.17) is 5.73 Å². The van der Waals surface area contributed by atoms with Crippen molar-refractivity contribution in [3.63, 3.8) is 0 Å². The molecule has 26 heavy (non-hydrogen) atoms. The Labute approximate surface area is 156 Å². The maximum atomic E-state index is 13.0. The van der Waals surface area contributed by atoms with E-state index < -0.39 is 11.9 Å². The van der Waals surface area contributed by atoms with Crippen LogP contribution in [-0.4, -0.2) is 71.8 Å². The summed E-state index contributed by atoms with van der Waals surface area (Å²) < 4.78 is 0. The van der Waals surface area contributed by atoms with Crippen LogP contribution in [0.25, 0.3) is 0 Å². The smallest absolute Gasteiger partial charge is 0.320 e. The third-order valence-electron chi connectivity index (χ3n) is 5.88. The third-order valence-corrected chi connectivity index (χ3v) is 5.88. The molecule has 0 saturated carbocycles. The number of likely N-dealkylation sites (N-methyl/N-ethyl adjacent to an activating group) is 1. The van der Waals surface area contributed by atoms with E-state index in [1.54, 1.807) is 7.05 Å². The predicted molar refractivity (Wildman–Crippen MR) is 100 cm³/mol. The molecule has 0 aromatic heterocycles. The Balaban J connectivity index is 2.04. The molecule has 0 aromatic rings. The number of nitrogens with zero attached hydrogens (tertiary/aromatic N) is 3. The highest BCUT2D eigenvalue weighted by molar-refractivity contribution is 5.87. The highest BCUT2D eigenvalue weighted by Crippen LogP contribution is 2.40. The van der Waals surface area contributed by atoms with E-state index in [1.165, 1.54) is 11.0 Å². The van der Waals surface area contributed by atoms with Gasteiger partial charge in [0.05, 0.1) is 0 Å². The lowest BCUT2D eigenvalue weighted by Crippen LogP contribution is -2.57. The summed E-state index contributed by atoms with van der Waals surface area (Å²) in [4.78, 5) is 41.7. The standard InChI is InChI=1S/C19H32N4O3/c1-5-15(24)22-11-8-19(9-12-22)7-6-10-23(13-19)18(26)21(4)16(14(2)3)17(20)25/h5,14,16H,1,6-13H2,2-4H3,(H2,20,25)/t16-/m0/s1. The Kier molecular flexibility index (Phi) is 6.31. The summed E-state index contributed by atoms with van der Waals surface area (Å²) in [6.07, 6.45) is 5.16. The first-order chi connectivity index (χ1) is 12.2. The third kappa shape index (κ3) is 4.19. The van der Waals surface area contributed by atoms with Crippen molar-refractivity contribution in [2.24, 2.45) is 17.1 Å². The zero-order valence-electron chi connectivity index (χ0n) is 16.2. The molecule has 2 fully saturated rings. The van der Waals surface area contributed by atoms with Gasteiger partial charge < -0.3 is 20.4 Å². The minimum atomic E-state index is -0.604. The lowest BCUT2D eigenvalue weighted by Gasteiger charge is -2.48. The molecule has 0 unspecified atom stereocenters. The van der Waals surface area contributed by atoms with Gasteiger partial charge in [0.2, 0.25) is 11.8 Å². The molecule has 0 aromatic carbocycles. The van der Waals surface area contributed by atoms with Crippen molar-refractivity contribution in [3.8, 4) is 0 Å². The molecule has 1 atom stereocenters. The minimum Gasteiger partial charge on any atom is -0.368 e. The van der Waals surface area contributed by atoms with Gasteiger partial charge in [-0.25, -0.2) is 4.79 Å². The number of rotatable bonds is 4. The van der Waals surface area contributed by atoms with Crippen LogP contribution in [0.4, 0.5) is 4.79 Å². The quantitative estimate of drug-likeness (QED) is 0.766. The fraction of sp³-hybridized carbons (Fsp3) is 0.737. The molecule has 2 heterocycles. The first kappa shape index (κ1) is 20.3. The van der Waals surface area contributed by atoms with E-state index in [0.29, 0.717) is 26.2 Å². The molecule has 2 saturated heterocycles. The van der Waals surface area contributed by atoms with Crippen LogP contribution in [0.5, 0.6) is 0 Å². The summed E-state index contributed by atoms with van der Waals surface area (Å²) >= 11 is 0. The summed E-state index contributed by atoms with van der Waals surface area (Å²) in [5, 5.41) is 0. The summed E-state index contributed by atoms with van der Waals surface area (Å²) in [6, 6.07) is -0.737. The Morgan fingerprint density at radius 1 is 1.12 bits per heavy atom. The minimum absolute atomic E-state index is 0.0236. The van der Waals surface area contributed by atoms with Crippen molar-refractivity contribution in [2.45, 2.75) is 45.6 Å². The Hall–Kier alpha value is -2.05. The lowest BCUT2D eigenvalue weighted by atomic mass is 9.72. The second kappa shape index (κ2) is 8.10. The fourth-order valence-corrected chi connectivity index (χ4v) is 4.42. The van der Waals surface area contributed by atoms with Crippen LogP contribution in [0.15, 0.2) is 12.7 Å². The molecule has 2 N–H and O–H groups in total. The highest BCUT2D eigenvalue weighted by Gasteiger charge is 2.41. The van der Waals surface area contributed by atoms with E-state index in [1.807, 2.05) is 23.6 Å². The molecule has 1 spiro atoms. The first-order valence-corrected chi connectivity index (χ1v) is 9.43. The van der Waals surface area contributed by atoms with Gasteiger partial charge in [-0.2, -0.15) is 0 Å². The Morgan fingerprint density at radius 2 is 1.73 bits per heavy atom. The van der Waals surface area contributed by atoms with E-state index in [-0.39, 0.29) is 23.3 Å². The number of hydrogen-bond donors (Lipinski definition) is 1. The summed E-state index contributed by atoms with van der Waals surface area (Å²) in [6.45, 7) is 10.1. The topological polar surface area (TPSA) is 87.0 Å². The number of nitrogens with two attached hydrogens (primary N) is 1. The van der Waals surface area contributed by atoms with Gasteiger partial charge in [0, 0.05) is 33.2 Å². The van der Waals surface area contributed by atoms with Gasteiger partial charge in [-0.15, -0.1) is 0 Å². The van der Waals surface area contributed by atoms with Gasteiger partial charge >= 0.3 is 6.03 Å². The van der Waals surface area contributed by atoms with E-state index >= 15 is 0 Å². The number of amides is 4. The molecule has 0 radical (unpaired) electrons. The molecule has 0 bridgehead atoms. The summed E-state index contributed by atoms with van der Waals surface area (Å²) in [5.74, 6) is -0.531. The van der Waals surface area contributed by atoms with Gasteiger partial charge in [-0.1, -0.05) is 20.4 Å². The predicted octanol–water partition coefficient (Wildman–Crippen LogP) is 1.44. The zero-order chi connectivity index (χ0) is 19.5. The molecule has 7 heteroatoms. The summed E-state index contributed by atoms with van der Waals surface area (Å²) in [5.41, 5.74) is 5.56. The van der Waals surface area contributed by atoms with Crippen LogP contribution >= 0.6 is 0 Å². The number of piperidine rings is 2. The van der Waals surface area contributed by atoms with Gasteiger partial charge in [0.25, 0.3) is 0 Å². The monoisotopic (exact) mass is 364 g/mol. The number of carbonyl (C=O) groups is 3. The van der Waals surface area contributed by atoms with Gasteiger partial charge in [-0.05, 0) is 43.1 Å². The van der Waals surface area contributed by atoms with Gasteiger partial charge in [-0.3, -0.25) is 9.59 Å². The molecule has 146 valence electrons.